The van der Waals surface area contributed by atoms with Gasteiger partial charge in [0, 0.05) is 11.6 Å². The van der Waals surface area contributed by atoms with E-state index in [9.17, 15) is 19.5 Å². The summed E-state index contributed by atoms with van der Waals surface area (Å²) in [6.07, 6.45) is 4.94. The molecular weight excluding hydrogens is 500 g/mol. The van der Waals surface area contributed by atoms with Gasteiger partial charge in [-0.2, -0.15) is 9.61 Å². The predicted octanol–water partition coefficient (Wildman–Crippen LogP) is 3.49. The van der Waals surface area contributed by atoms with Crippen LogP contribution < -0.4 is 15.6 Å². The second-order valence-corrected chi connectivity index (χ2v) is 9.73. The number of aromatic nitrogens is 3. The Morgan fingerprint density at radius 3 is 2.46 bits per heavy atom. The normalized spacial score (nSPS) is 14.7. The van der Waals surface area contributed by atoms with Crippen LogP contribution in [0.2, 0.25) is 0 Å². The molecule has 4 N–H and O–H groups in total. The van der Waals surface area contributed by atoms with Crippen molar-refractivity contribution in [2.24, 2.45) is 0 Å². The van der Waals surface area contributed by atoms with Gasteiger partial charge in [-0.05, 0) is 54.2 Å². The number of aliphatic hydroxyl groups is 1. The van der Waals surface area contributed by atoms with Gasteiger partial charge in [0.05, 0.1) is 12.3 Å². The van der Waals surface area contributed by atoms with Gasteiger partial charge >= 0.3 is 5.97 Å². The van der Waals surface area contributed by atoms with Gasteiger partial charge in [-0.3, -0.25) is 9.59 Å². The number of hydrogen-bond donors (Lipinski definition) is 4. The Hall–Kier alpha value is -4.44. The molecule has 1 atom stereocenters. The maximum atomic E-state index is 13.8. The van der Waals surface area contributed by atoms with Gasteiger partial charge in [0.2, 0.25) is 0 Å². The van der Waals surface area contributed by atoms with Crippen molar-refractivity contribution in [3.8, 4) is 17.0 Å². The van der Waals surface area contributed by atoms with E-state index >= 15 is 0 Å². The van der Waals surface area contributed by atoms with Crippen molar-refractivity contribution >= 4 is 17.5 Å². The lowest BCUT2D eigenvalue weighted by Crippen LogP contribution is -2.43. The quantitative estimate of drug-likeness (QED) is 0.259. The first-order valence-corrected chi connectivity index (χ1v) is 13.0. The van der Waals surface area contributed by atoms with E-state index in [-0.39, 0.29) is 17.2 Å². The van der Waals surface area contributed by atoms with Crippen molar-refractivity contribution in [1.82, 2.24) is 19.9 Å². The van der Waals surface area contributed by atoms with Crippen LogP contribution in [0.4, 0.5) is 0 Å². The van der Waals surface area contributed by atoms with E-state index in [0.29, 0.717) is 29.3 Å². The number of carboxylic acid groups (broad SMARTS) is 1. The molecule has 1 saturated carbocycles. The largest absolute Gasteiger partial charge is 0.489 e. The van der Waals surface area contributed by atoms with E-state index in [1.54, 1.807) is 0 Å². The molecule has 4 aromatic rings. The number of benzene rings is 2. The Morgan fingerprint density at radius 1 is 1.08 bits per heavy atom. The van der Waals surface area contributed by atoms with Crippen LogP contribution >= 0.6 is 0 Å². The number of carbonyl (C=O) groups is 2. The van der Waals surface area contributed by atoms with Crippen LogP contribution in [-0.2, 0) is 11.4 Å². The van der Waals surface area contributed by atoms with E-state index in [2.05, 4.69) is 15.4 Å². The molecule has 2 heterocycles. The van der Waals surface area contributed by atoms with Crippen LogP contribution in [0.15, 0.2) is 65.5 Å². The zero-order chi connectivity index (χ0) is 27.4. The number of nitrogens with one attached hydrogen (secondary N) is 2. The number of carboxylic acids is 1. The number of aliphatic carboxylic acids is 1. The number of aliphatic hydroxyl groups excluding tert-OH is 1. The van der Waals surface area contributed by atoms with E-state index < -0.39 is 24.5 Å². The van der Waals surface area contributed by atoms with E-state index in [0.717, 1.165) is 47.7 Å². The molecule has 39 heavy (non-hydrogen) atoms. The van der Waals surface area contributed by atoms with Gasteiger partial charge in [0.15, 0.2) is 11.7 Å². The lowest BCUT2D eigenvalue weighted by molar-refractivity contribution is -0.140. The number of nitrogens with zero attached hydrogens (tertiary/aromatic N) is 2. The first-order chi connectivity index (χ1) is 18.9. The summed E-state index contributed by atoms with van der Waals surface area (Å²) in [7, 11) is 0. The maximum Gasteiger partial charge on any atom is 0.328 e. The highest BCUT2D eigenvalue weighted by molar-refractivity contribution is 5.95. The SMILES string of the molecule is O=C(NC(CO)C(=O)O)c1cc2[nH]c(-c3ccc(OCc4ccccc4)cc3)c(C3CCCCC3)c(=O)n2n1. The highest BCUT2D eigenvalue weighted by atomic mass is 16.5. The minimum atomic E-state index is -1.48. The summed E-state index contributed by atoms with van der Waals surface area (Å²) in [4.78, 5) is 40.9. The van der Waals surface area contributed by atoms with Crippen molar-refractivity contribution in [1.29, 1.82) is 0 Å². The molecule has 1 fully saturated rings. The standard InChI is InChI=1S/C29H30N4O6/c34-16-23(29(37)38)30-27(35)22-15-24-31-26(25(28(36)33(24)32-22)19-9-5-2-6-10-19)20-11-13-21(14-12-20)39-17-18-7-3-1-4-8-18/h1,3-4,7-8,11-15,19,23,31,34H,2,5-6,9-10,16-17H2,(H,30,35)(H,37,38). The molecule has 0 radical (unpaired) electrons. The number of fused-ring (bicyclic) bond motifs is 1. The van der Waals surface area contributed by atoms with E-state index in [4.69, 9.17) is 9.84 Å². The fraction of sp³-hybridized carbons (Fsp3) is 0.310. The second kappa shape index (κ2) is 11.5. The molecule has 1 unspecified atom stereocenters. The predicted molar refractivity (Wildman–Crippen MR) is 144 cm³/mol. The van der Waals surface area contributed by atoms with Crippen molar-refractivity contribution < 1.29 is 24.5 Å². The molecule has 202 valence electrons. The Balaban J connectivity index is 1.49. The summed E-state index contributed by atoms with van der Waals surface area (Å²) in [6, 6.07) is 17.3. The molecule has 5 rings (SSSR count). The average Bonchev–Trinajstić information content (AvgIpc) is 3.41. The molecule has 10 nitrogen and oxygen atoms in total. The van der Waals surface area contributed by atoms with Gasteiger partial charge in [0.25, 0.3) is 11.5 Å². The zero-order valence-corrected chi connectivity index (χ0v) is 21.3. The molecule has 1 amide bonds. The minimum Gasteiger partial charge on any atom is -0.489 e. The first-order valence-electron chi connectivity index (χ1n) is 13.0. The van der Waals surface area contributed by atoms with Crippen LogP contribution in [0.1, 0.15) is 59.6 Å². The summed E-state index contributed by atoms with van der Waals surface area (Å²) in [5.74, 6) is -1.43. The van der Waals surface area contributed by atoms with E-state index in [1.807, 2.05) is 54.6 Å². The molecule has 2 aromatic carbocycles. The van der Waals surface area contributed by atoms with Gasteiger partial charge in [0.1, 0.15) is 18.0 Å². The average molecular weight is 531 g/mol. The minimum absolute atomic E-state index is 0.0446. The fourth-order valence-electron chi connectivity index (χ4n) is 5.03. The summed E-state index contributed by atoms with van der Waals surface area (Å²) in [6.45, 7) is -0.329. The number of amides is 1. The van der Waals surface area contributed by atoms with Gasteiger partial charge in [-0.15, -0.1) is 0 Å². The van der Waals surface area contributed by atoms with Gasteiger partial charge in [-0.25, -0.2) is 4.79 Å². The Labute approximate surface area is 224 Å². The number of hydrogen-bond acceptors (Lipinski definition) is 6. The van der Waals surface area contributed by atoms with Crippen LogP contribution in [-0.4, -0.2) is 49.3 Å². The number of H-pyrrole nitrogens is 1. The molecule has 1 aliphatic carbocycles. The summed E-state index contributed by atoms with van der Waals surface area (Å²) < 4.78 is 7.08. The third-order valence-electron chi connectivity index (χ3n) is 7.08. The Morgan fingerprint density at radius 2 is 1.79 bits per heavy atom. The number of aromatic amines is 1. The van der Waals surface area contributed by atoms with Crippen LogP contribution in [0, 0.1) is 0 Å². The van der Waals surface area contributed by atoms with Crippen molar-refractivity contribution in [2.75, 3.05) is 6.61 Å². The lowest BCUT2D eigenvalue weighted by Gasteiger charge is -2.23. The summed E-state index contributed by atoms with van der Waals surface area (Å²) in [5.41, 5.74) is 3.02. The fourth-order valence-corrected chi connectivity index (χ4v) is 5.03. The third-order valence-corrected chi connectivity index (χ3v) is 7.08. The van der Waals surface area contributed by atoms with Crippen LogP contribution in [0.25, 0.3) is 16.9 Å². The number of ether oxygens (including phenoxy) is 1. The zero-order valence-electron chi connectivity index (χ0n) is 21.3. The highest BCUT2D eigenvalue weighted by Gasteiger charge is 2.27. The molecule has 10 heteroatoms. The lowest BCUT2D eigenvalue weighted by atomic mass is 9.83. The topological polar surface area (TPSA) is 146 Å². The van der Waals surface area contributed by atoms with Crippen molar-refractivity contribution in [3.63, 3.8) is 0 Å². The second-order valence-electron chi connectivity index (χ2n) is 9.73. The monoisotopic (exact) mass is 530 g/mol. The van der Waals surface area contributed by atoms with Gasteiger partial charge in [-0.1, -0.05) is 49.6 Å². The first kappa shape index (κ1) is 26.2. The Bertz CT molecular complexity index is 1520. The van der Waals surface area contributed by atoms with Crippen LogP contribution in [0.3, 0.4) is 0 Å². The summed E-state index contributed by atoms with van der Waals surface area (Å²) in [5, 5.41) is 24.8. The van der Waals surface area contributed by atoms with Crippen molar-refractivity contribution in [2.45, 2.75) is 50.7 Å². The number of carbonyl (C=O) groups excluding carboxylic acids is 1. The molecule has 0 aliphatic heterocycles. The molecule has 0 bridgehead atoms. The molecule has 0 saturated heterocycles. The van der Waals surface area contributed by atoms with Gasteiger partial charge < -0.3 is 25.3 Å². The smallest absolute Gasteiger partial charge is 0.328 e. The van der Waals surface area contributed by atoms with E-state index in [1.165, 1.54) is 6.07 Å². The highest BCUT2D eigenvalue weighted by Crippen LogP contribution is 2.36. The Kier molecular flexibility index (Phi) is 7.74. The van der Waals surface area contributed by atoms with Crippen LogP contribution in [0.5, 0.6) is 5.75 Å². The molecule has 1 aliphatic rings. The maximum absolute atomic E-state index is 13.8. The molecule has 2 aromatic heterocycles. The molecular formula is C29H30N4O6. The van der Waals surface area contributed by atoms with Crippen molar-refractivity contribution in [3.05, 3.63) is 87.8 Å². The number of rotatable bonds is 9. The molecule has 0 spiro atoms. The third kappa shape index (κ3) is 5.70. The summed E-state index contributed by atoms with van der Waals surface area (Å²) >= 11 is 0.